The van der Waals surface area contributed by atoms with Gasteiger partial charge < -0.3 is 5.73 Å². The van der Waals surface area contributed by atoms with Crippen LogP contribution in [0.4, 0.5) is 5.82 Å². The number of hydrogen-bond acceptors (Lipinski definition) is 4. The molecule has 0 radical (unpaired) electrons. The Morgan fingerprint density at radius 1 is 1.15 bits per heavy atom. The van der Waals surface area contributed by atoms with E-state index in [1.165, 1.54) is 0 Å². The van der Waals surface area contributed by atoms with Gasteiger partial charge in [-0.3, -0.25) is 4.98 Å². The van der Waals surface area contributed by atoms with Gasteiger partial charge in [-0.2, -0.15) is 0 Å². The van der Waals surface area contributed by atoms with Crippen LogP contribution in [0.1, 0.15) is 37.6 Å². The molecule has 2 rings (SSSR count). The minimum atomic E-state index is -0.122. The van der Waals surface area contributed by atoms with Crippen LogP contribution >= 0.6 is 15.9 Å². The van der Waals surface area contributed by atoms with Gasteiger partial charge in [-0.05, 0) is 40.9 Å². The highest BCUT2D eigenvalue weighted by Gasteiger charge is 2.23. The molecule has 0 bridgehead atoms. The molecule has 0 fully saturated rings. The molecule has 0 spiro atoms. The van der Waals surface area contributed by atoms with E-state index in [1.807, 2.05) is 20.0 Å². The number of aryl methyl sites for hydroxylation is 2. The highest BCUT2D eigenvalue weighted by Crippen LogP contribution is 2.33. The van der Waals surface area contributed by atoms with E-state index in [1.54, 1.807) is 0 Å². The lowest BCUT2D eigenvalue weighted by atomic mass is 9.92. The zero-order valence-electron chi connectivity index (χ0n) is 12.5. The average molecular weight is 335 g/mol. The number of nitrogens with zero attached hydrogens (tertiary/aromatic N) is 3. The van der Waals surface area contributed by atoms with Gasteiger partial charge in [0, 0.05) is 11.6 Å². The van der Waals surface area contributed by atoms with Crippen molar-refractivity contribution in [3.8, 4) is 11.5 Å². The Kier molecular flexibility index (Phi) is 3.82. The van der Waals surface area contributed by atoms with E-state index < -0.39 is 0 Å². The van der Waals surface area contributed by atoms with Gasteiger partial charge in [0.2, 0.25) is 0 Å². The third-order valence-electron chi connectivity index (χ3n) is 3.01. The molecule has 4 nitrogen and oxygen atoms in total. The Hall–Kier alpha value is -1.49. The molecule has 0 unspecified atom stereocenters. The molecule has 0 aliphatic rings. The van der Waals surface area contributed by atoms with E-state index in [9.17, 15) is 0 Å². The van der Waals surface area contributed by atoms with Gasteiger partial charge in [0.05, 0.1) is 10.2 Å². The molecule has 0 aliphatic heterocycles. The second kappa shape index (κ2) is 5.13. The molecule has 0 aliphatic carbocycles. The topological polar surface area (TPSA) is 64.7 Å². The van der Waals surface area contributed by atoms with Crippen molar-refractivity contribution in [3.63, 3.8) is 0 Å². The summed E-state index contributed by atoms with van der Waals surface area (Å²) in [4.78, 5) is 13.5. The van der Waals surface area contributed by atoms with Crippen molar-refractivity contribution in [2.75, 3.05) is 5.73 Å². The van der Waals surface area contributed by atoms with Gasteiger partial charge in [0.25, 0.3) is 0 Å². The molecule has 0 saturated heterocycles. The molecular weight excluding hydrogens is 316 g/mol. The molecule has 0 aromatic carbocycles. The summed E-state index contributed by atoms with van der Waals surface area (Å²) in [6.07, 6.45) is 1.82. The van der Waals surface area contributed by atoms with Crippen LogP contribution in [-0.4, -0.2) is 15.0 Å². The molecule has 106 valence electrons. The zero-order valence-corrected chi connectivity index (χ0v) is 14.0. The third kappa shape index (κ3) is 2.82. The first-order valence-corrected chi connectivity index (χ1v) is 7.26. The molecular formula is C15H19BrN4. The maximum atomic E-state index is 6.01. The van der Waals surface area contributed by atoms with Crippen molar-refractivity contribution >= 4 is 21.7 Å². The molecule has 0 atom stereocenters. The maximum absolute atomic E-state index is 6.01. The fourth-order valence-electron chi connectivity index (χ4n) is 2.02. The zero-order chi connectivity index (χ0) is 15.1. The van der Waals surface area contributed by atoms with Crippen LogP contribution in [0, 0.1) is 13.8 Å². The van der Waals surface area contributed by atoms with Crippen molar-refractivity contribution in [1.29, 1.82) is 0 Å². The Balaban J connectivity index is 2.67. The van der Waals surface area contributed by atoms with Crippen molar-refractivity contribution in [3.05, 3.63) is 33.6 Å². The average Bonchev–Trinajstić information content (AvgIpc) is 2.31. The first kappa shape index (κ1) is 14.9. The molecule has 2 heterocycles. The SMILES string of the molecule is Cc1cnc(-c2nc(N)c(Br)c(C(C)(C)C)n2)c(C)c1. The fraction of sp³-hybridized carbons (Fsp3) is 0.400. The van der Waals surface area contributed by atoms with Crippen LogP contribution in [0.3, 0.4) is 0 Å². The number of nitrogens with two attached hydrogens (primary N) is 1. The lowest BCUT2D eigenvalue weighted by Crippen LogP contribution is -2.17. The fourth-order valence-corrected chi connectivity index (χ4v) is 2.79. The minimum Gasteiger partial charge on any atom is -0.383 e. The number of nitrogen functional groups attached to an aromatic ring is 1. The molecule has 2 aromatic rings. The highest BCUT2D eigenvalue weighted by molar-refractivity contribution is 9.10. The second-order valence-corrected chi connectivity index (χ2v) is 6.82. The smallest absolute Gasteiger partial charge is 0.180 e. The number of anilines is 1. The number of aromatic nitrogens is 3. The summed E-state index contributed by atoms with van der Waals surface area (Å²) in [6.45, 7) is 10.3. The molecule has 2 N–H and O–H groups in total. The van der Waals surface area contributed by atoms with Gasteiger partial charge >= 0.3 is 0 Å². The maximum Gasteiger partial charge on any atom is 0.180 e. The number of rotatable bonds is 1. The molecule has 2 aromatic heterocycles. The number of halogens is 1. The first-order valence-electron chi connectivity index (χ1n) is 6.47. The highest BCUT2D eigenvalue weighted by atomic mass is 79.9. The van der Waals surface area contributed by atoms with E-state index in [0.29, 0.717) is 11.6 Å². The largest absolute Gasteiger partial charge is 0.383 e. The summed E-state index contributed by atoms with van der Waals surface area (Å²) in [5.41, 5.74) is 9.72. The van der Waals surface area contributed by atoms with Crippen LogP contribution in [0.2, 0.25) is 0 Å². The van der Waals surface area contributed by atoms with E-state index in [4.69, 9.17) is 5.73 Å². The Morgan fingerprint density at radius 2 is 1.80 bits per heavy atom. The normalized spacial score (nSPS) is 11.7. The van der Waals surface area contributed by atoms with Crippen LogP contribution in [0.15, 0.2) is 16.7 Å². The third-order valence-corrected chi connectivity index (χ3v) is 3.80. The Bertz CT molecular complexity index is 660. The molecule has 0 amide bonds. The van der Waals surface area contributed by atoms with E-state index in [2.05, 4.69) is 57.7 Å². The summed E-state index contributed by atoms with van der Waals surface area (Å²) in [5, 5.41) is 0. The monoisotopic (exact) mass is 334 g/mol. The lowest BCUT2D eigenvalue weighted by molar-refractivity contribution is 0.564. The van der Waals surface area contributed by atoms with Crippen molar-refractivity contribution in [2.45, 2.75) is 40.0 Å². The van der Waals surface area contributed by atoms with Gasteiger partial charge in [-0.15, -0.1) is 0 Å². The molecule has 20 heavy (non-hydrogen) atoms. The number of hydrogen-bond donors (Lipinski definition) is 1. The van der Waals surface area contributed by atoms with E-state index >= 15 is 0 Å². The van der Waals surface area contributed by atoms with Gasteiger partial charge in [-0.25, -0.2) is 9.97 Å². The van der Waals surface area contributed by atoms with E-state index in [0.717, 1.165) is 27.0 Å². The van der Waals surface area contributed by atoms with Crippen LogP contribution in [0.25, 0.3) is 11.5 Å². The van der Waals surface area contributed by atoms with Crippen molar-refractivity contribution < 1.29 is 0 Å². The van der Waals surface area contributed by atoms with Crippen LogP contribution < -0.4 is 5.73 Å². The van der Waals surface area contributed by atoms with Crippen molar-refractivity contribution in [1.82, 2.24) is 15.0 Å². The standard InChI is InChI=1S/C15H19BrN4/c1-8-6-9(2)11(18-7-8)14-19-12(15(3,4)5)10(16)13(17)20-14/h6-7H,1-5H3,(H2,17,19,20). The minimum absolute atomic E-state index is 0.122. The molecule has 0 saturated carbocycles. The summed E-state index contributed by atoms with van der Waals surface area (Å²) in [5.74, 6) is 1.02. The van der Waals surface area contributed by atoms with Gasteiger partial charge in [-0.1, -0.05) is 26.8 Å². The van der Waals surface area contributed by atoms with Gasteiger partial charge in [0.1, 0.15) is 11.5 Å². The van der Waals surface area contributed by atoms with Crippen molar-refractivity contribution in [2.24, 2.45) is 0 Å². The number of pyridine rings is 1. The predicted molar refractivity (Wildman–Crippen MR) is 85.5 cm³/mol. The lowest BCUT2D eigenvalue weighted by Gasteiger charge is -2.21. The van der Waals surface area contributed by atoms with Crippen LogP contribution in [-0.2, 0) is 5.41 Å². The van der Waals surface area contributed by atoms with Gasteiger partial charge in [0.15, 0.2) is 5.82 Å². The molecule has 5 heteroatoms. The first-order chi connectivity index (χ1) is 9.20. The second-order valence-electron chi connectivity index (χ2n) is 6.02. The van der Waals surface area contributed by atoms with E-state index in [-0.39, 0.29) is 5.41 Å². The summed E-state index contributed by atoms with van der Waals surface area (Å²) < 4.78 is 0.763. The predicted octanol–water partition coefficient (Wildman–Crippen LogP) is 3.80. The van der Waals surface area contributed by atoms with Crippen LogP contribution in [0.5, 0.6) is 0 Å². The summed E-state index contributed by atoms with van der Waals surface area (Å²) >= 11 is 3.48. The quantitative estimate of drug-likeness (QED) is 0.861. The Morgan fingerprint density at radius 3 is 2.35 bits per heavy atom. The summed E-state index contributed by atoms with van der Waals surface area (Å²) in [7, 11) is 0. The summed E-state index contributed by atoms with van der Waals surface area (Å²) in [6, 6.07) is 2.07. The Labute approximate surface area is 128 Å².